The number of hydrogen-bond donors (Lipinski definition) is 1. The van der Waals surface area contributed by atoms with Crippen LogP contribution in [0.4, 0.5) is 5.69 Å². The molecule has 0 unspecified atom stereocenters. The average Bonchev–Trinajstić information content (AvgIpc) is 2.07. The number of pyridine rings is 1. The molecule has 0 fully saturated rings. The molecule has 0 aliphatic rings. The van der Waals surface area contributed by atoms with Crippen LogP contribution >= 0.6 is 58.0 Å². The molecule has 2 nitrogen and oxygen atoms in total. The van der Waals surface area contributed by atoms with Gasteiger partial charge in [-0.2, -0.15) is 0 Å². The highest BCUT2D eigenvalue weighted by Crippen LogP contribution is 2.39. The summed E-state index contributed by atoms with van der Waals surface area (Å²) in [7, 11) is 0. The van der Waals surface area contributed by atoms with Crippen molar-refractivity contribution < 1.29 is 0 Å². The van der Waals surface area contributed by atoms with Gasteiger partial charge >= 0.3 is 0 Å². The van der Waals surface area contributed by atoms with Gasteiger partial charge in [-0.15, -0.1) is 0 Å². The van der Waals surface area contributed by atoms with E-state index in [0.717, 1.165) is 0 Å². The Labute approximate surface area is 99.9 Å². The smallest absolute Gasteiger partial charge is 0.151 e. The molecule has 0 atom stereocenters. The van der Waals surface area contributed by atoms with E-state index in [1.54, 1.807) is 0 Å². The second-order valence-electron chi connectivity index (χ2n) is 2.13. The lowest BCUT2D eigenvalue weighted by Crippen LogP contribution is -1.99. The zero-order valence-electron chi connectivity index (χ0n) is 5.99. The standard InChI is InChI=1S/C6H3Cl5N2/c7-1-2(8)6(11)13-4(3(1)12)5(9)10/h5H,12H2. The fraction of sp³-hybridized carbons (Fsp3) is 0.167. The zero-order chi connectivity index (χ0) is 10.2. The van der Waals surface area contributed by atoms with Crippen LogP contribution in [0.1, 0.15) is 10.5 Å². The fourth-order valence-corrected chi connectivity index (χ4v) is 1.60. The van der Waals surface area contributed by atoms with Gasteiger partial charge in [-0.05, 0) is 0 Å². The first-order chi connectivity index (χ1) is 5.95. The van der Waals surface area contributed by atoms with E-state index >= 15 is 0 Å². The third-order valence-electron chi connectivity index (χ3n) is 1.31. The van der Waals surface area contributed by atoms with Crippen LogP contribution < -0.4 is 5.73 Å². The van der Waals surface area contributed by atoms with E-state index in [2.05, 4.69) is 4.98 Å². The molecule has 0 amide bonds. The Hall–Kier alpha value is 0.400. The molecule has 1 aromatic heterocycles. The first-order valence-corrected chi connectivity index (χ1v) is 5.03. The lowest BCUT2D eigenvalue weighted by Gasteiger charge is -2.09. The summed E-state index contributed by atoms with van der Waals surface area (Å²) in [6, 6.07) is 0. The summed E-state index contributed by atoms with van der Waals surface area (Å²) in [6.07, 6.45) is 0. The van der Waals surface area contributed by atoms with Gasteiger partial charge in [-0.1, -0.05) is 58.0 Å². The Morgan fingerprint density at radius 2 is 1.62 bits per heavy atom. The molecule has 0 spiro atoms. The van der Waals surface area contributed by atoms with E-state index in [-0.39, 0.29) is 26.6 Å². The highest BCUT2D eigenvalue weighted by molar-refractivity contribution is 6.49. The van der Waals surface area contributed by atoms with Gasteiger partial charge in [0.25, 0.3) is 0 Å². The summed E-state index contributed by atoms with van der Waals surface area (Å²) in [5.41, 5.74) is 5.90. The van der Waals surface area contributed by atoms with Crippen molar-refractivity contribution in [2.75, 3.05) is 5.73 Å². The second-order valence-corrected chi connectivity index (χ2v) is 4.34. The lowest BCUT2D eigenvalue weighted by atomic mass is 10.3. The average molecular weight is 280 g/mol. The summed E-state index contributed by atoms with van der Waals surface area (Å²) in [5.74, 6) is 0. The van der Waals surface area contributed by atoms with Crippen LogP contribution in [0.25, 0.3) is 0 Å². The Balaban J connectivity index is 3.41. The third-order valence-corrected chi connectivity index (χ3v) is 2.95. The van der Waals surface area contributed by atoms with Crippen LogP contribution in [-0.4, -0.2) is 4.98 Å². The van der Waals surface area contributed by atoms with Crippen molar-refractivity contribution in [3.05, 3.63) is 20.9 Å². The molecule has 1 heterocycles. The molecule has 7 heteroatoms. The summed E-state index contributed by atoms with van der Waals surface area (Å²) in [6.45, 7) is 0. The molecule has 2 N–H and O–H groups in total. The molecule has 0 radical (unpaired) electrons. The summed E-state index contributed by atoms with van der Waals surface area (Å²) in [4.78, 5) is 2.91. The second kappa shape index (κ2) is 4.28. The van der Waals surface area contributed by atoms with Crippen molar-refractivity contribution in [3.63, 3.8) is 0 Å². The summed E-state index contributed by atoms with van der Waals surface area (Å²) in [5, 5.41) is 0.240. The predicted molar refractivity (Wildman–Crippen MR) is 58.1 cm³/mol. The molecule has 0 aromatic carbocycles. The minimum absolute atomic E-state index is 0.0298. The number of rotatable bonds is 1. The quantitative estimate of drug-likeness (QED) is 0.621. The van der Waals surface area contributed by atoms with Crippen LogP contribution in [0.5, 0.6) is 0 Å². The predicted octanol–water partition coefficient (Wildman–Crippen LogP) is 4.10. The number of halogens is 5. The van der Waals surface area contributed by atoms with Crippen LogP contribution in [0.15, 0.2) is 0 Å². The van der Waals surface area contributed by atoms with Crippen LogP contribution in [0.2, 0.25) is 15.2 Å². The molecule has 0 bridgehead atoms. The molecule has 1 aromatic rings. The van der Waals surface area contributed by atoms with Crippen molar-refractivity contribution in [1.29, 1.82) is 0 Å². The van der Waals surface area contributed by atoms with Gasteiger partial charge < -0.3 is 5.73 Å². The number of alkyl halides is 2. The third kappa shape index (κ3) is 2.25. The summed E-state index contributed by atoms with van der Waals surface area (Å²) >= 11 is 28.2. The van der Waals surface area contributed by atoms with Crippen molar-refractivity contribution >= 4 is 63.7 Å². The molecule has 13 heavy (non-hydrogen) atoms. The first-order valence-electron chi connectivity index (χ1n) is 3.03. The largest absolute Gasteiger partial charge is 0.396 e. The van der Waals surface area contributed by atoms with E-state index in [1.807, 2.05) is 0 Å². The highest BCUT2D eigenvalue weighted by atomic mass is 35.5. The molecular formula is C6H3Cl5N2. The number of anilines is 1. The normalized spacial score (nSPS) is 10.9. The monoisotopic (exact) mass is 278 g/mol. The highest BCUT2D eigenvalue weighted by Gasteiger charge is 2.17. The van der Waals surface area contributed by atoms with Crippen LogP contribution in [0.3, 0.4) is 0 Å². The minimum atomic E-state index is -0.882. The minimum Gasteiger partial charge on any atom is -0.396 e. The van der Waals surface area contributed by atoms with E-state index in [9.17, 15) is 0 Å². The number of nitrogens with two attached hydrogens (primary N) is 1. The van der Waals surface area contributed by atoms with E-state index in [1.165, 1.54) is 0 Å². The van der Waals surface area contributed by atoms with Crippen molar-refractivity contribution in [2.45, 2.75) is 4.84 Å². The molecule has 0 saturated carbocycles. The maximum absolute atomic E-state index is 5.73. The summed E-state index contributed by atoms with van der Waals surface area (Å²) < 4.78 is 0. The Morgan fingerprint density at radius 1 is 1.08 bits per heavy atom. The molecule has 0 aliphatic carbocycles. The molecule has 1 rings (SSSR count). The zero-order valence-corrected chi connectivity index (χ0v) is 9.77. The Kier molecular flexibility index (Phi) is 3.78. The van der Waals surface area contributed by atoms with Crippen molar-refractivity contribution in [1.82, 2.24) is 4.98 Å². The van der Waals surface area contributed by atoms with Crippen molar-refractivity contribution in [3.8, 4) is 0 Å². The van der Waals surface area contributed by atoms with Gasteiger partial charge in [0, 0.05) is 0 Å². The van der Waals surface area contributed by atoms with Crippen LogP contribution in [0, 0.1) is 0 Å². The number of nitrogens with zero attached hydrogens (tertiary/aromatic N) is 1. The van der Waals surface area contributed by atoms with Gasteiger partial charge in [0.05, 0.1) is 21.4 Å². The van der Waals surface area contributed by atoms with Gasteiger partial charge in [0.1, 0.15) is 5.15 Å². The van der Waals surface area contributed by atoms with E-state index < -0.39 is 4.84 Å². The SMILES string of the molecule is Nc1c(C(Cl)Cl)nc(Cl)c(Cl)c1Cl. The van der Waals surface area contributed by atoms with Crippen molar-refractivity contribution in [2.24, 2.45) is 0 Å². The van der Waals surface area contributed by atoms with Crippen LogP contribution in [-0.2, 0) is 0 Å². The Morgan fingerprint density at radius 3 is 2.08 bits per heavy atom. The van der Waals surface area contributed by atoms with Gasteiger partial charge in [-0.3, -0.25) is 0 Å². The molecular weight excluding hydrogens is 277 g/mol. The van der Waals surface area contributed by atoms with Gasteiger partial charge in [0.15, 0.2) is 4.84 Å². The number of hydrogen-bond acceptors (Lipinski definition) is 2. The number of aromatic nitrogens is 1. The maximum atomic E-state index is 5.73. The molecule has 0 saturated heterocycles. The first kappa shape index (κ1) is 11.5. The van der Waals surface area contributed by atoms with E-state index in [4.69, 9.17) is 63.7 Å². The molecule has 0 aliphatic heterocycles. The van der Waals surface area contributed by atoms with Gasteiger partial charge in [0.2, 0.25) is 0 Å². The maximum Gasteiger partial charge on any atom is 0.151 e. The van der Waals surface area contributed by atoms with E-state index in [0.29, 0.717) is 0 Å². The lowest BCUT2D eigenvalue weighted by molar-refractivity contribution is 1.15. The van der Waals surface area contributed by atoms with Gasteiger partial charge in [-0.25, -0.2) is 4.98 Å². The fourth-order valence-electron chi connectivity index (χ4n) is 0.703. The Bertz CT molecular complexity index is 338. The topological polar surface area (TPSA) is 38.9 Å². The molecule has 72 valence electrons. The number of nitrogen functional groups attached to an aromatic ring is 1.